The van der Waals surface area contributed by atoms with Crippen molar-refractivity contribution < 1.29 is 8.96 Å². The summed E-state index contributed by atoms with van der Waals surface area (Å²) < 4.78 is 28.5. The molecule has 0 aliphatic heterocycles. The molecule has 0 amide bonds. The minimum atomic E-state index is -2.68. The van der Waals surface area contributed by atoms with Gasteiger partial charge in [0.1, 0.15) is 13.0 Å². The first-order valence-electron chi connectivity index (χ1n) is 7.84. The Labute approximate surface area is 163 Å². The van der Waals surface area contributed by atoms with Crippen molar-refractivity contribution in [1.29, 1.82) is 0 Å². The molecule has 1 aromatic carbocycles. The number of halogens is 3. The second-order valence-corrected chi connectivity index (χ2v) is 10.5. The predicted molar refractivity (Wildman–Crippen MR) is 108 cm³/mol. The summed E-state index contributed by atoms with van der Waals surface area (Å²) >= 11 is 9.20. The SMILES string of the molecule is CCc1nc2cccc(P(C)(C)=O)c2c(Nc2nc(Cl)ncc2Br)c1F. The number of anilines is 2. The molecule has 5 nitrogen and oxygen atoms in total. The Bertz CT molecular complexity index is 1060. The summed E-state index contributed by atoms with van der Waals surface area (Å²) in [5.74, 6) is -0.183. The Morgan fingerprint density at radius 2 is 2.04 bits per heavy atom. The van der Waals surface area contributed by atoms with Gasteiger partial charge in [-0.25, -0.2) is 14.4 Å². The zero-order valence-corrected chi connectivity index (χ0v) is 17.6. The maximum atomic E-state index is 15.2. The van der Waals surface area contributed by atoms with Gasteiger partial charge in [0.05, 0.1) is 21.4 Å². The van der Waals surface area contributed by atoms with Crippen LogP contribution in [0, 0.1) is 5.82 Å². The van der Waals surface area contributed by atoms with Crippen molar-refractivity contribution in [3.63, 3.8) is 0 Å². The van der Waals surface area contributed by atoms with Gasteiger partial charge in [0.15, 0.2) is 5.82 Å². The molecule has 0 aliphatic carbocycles. The molecule has 0 saturated carbocycles. The van der Waals surface area contributed by atoms with Gasteiger partial charge in [-0.05, 0) is 53.3 Å². The average Bonchev–Trinajstić information content (AvgIpc) is 2.58. The highest BCUT2D eigenvalue weighted by molar-refractivity contribution is 9.10. The van der Waals surface area contributed by atoms with Crippen LogP contribution in [0.3, 0.4) is 0 Å². The minimum Gasteiger partial charge on any atom is -0.336 e. The Balaban J connectivity index is 2.36. The topological polar surface area (TPSA) is 67.8 Å². The lowest BCUT2D eigenvalue weighted by molar-refractivity contribution is 0.588. The Morgan fingerprint density at radius 1 is 1.31 bits per heavy atom. The van der Waals surface area contributed by atoms with E-state index < -0.39 is 13.0 Å². The van der Waals surface area contributed by atoms with E-state index in [1.54, 1.807) is 31.5 Å². The summed E-state index contributed by atoms with van der Waals surface area (Å²) in [5.41, 5.74) is 1.07. The van der Waals surface area contributed by atoms with Gasteiger partial charge < -0.3 is 9.88 Å². The van der Waals surface area contributed by atoms with E-state index in [4.69, 9.17) is 11.6 Å². The third-order valence-corrected chi connectivity index (χ3v) is 6.17. The fourth-order valence-corrected chi connectivity index (χ4v) is 4.31. The largest absolute Gasteiger partial charge is 0.336 e. The molecule has 9 heteroatoms. The fraction of sp³-hybridized carbons (Fsp3) is 0.235. The maximum Gasteiger partial charge on any atom is 0.224 e. The van der Waals surface area contributed by atoms with E-state index in [1.165, 1.54) is 6.20 Å². The van der Waals surface area contributed by atoms with Crippen LogP contribution in [0.5, 0.6) is 0 Å². The third-order valence-electron chi connectivity index (χ3n) is 3.87. The van der Waals surface area contributed by atoms with E-state index in [0.29, 0.717) is 38.6 Å². The molecule has 0 bridgehead atoms. The molecule has 136 valence electrons. The van der Waals surface area contributed by atoms with Crippen LogP contribution in [0.4, 0.5) is 15.9 Å². The van der Waals surface area contributed by atoms with Crippen LogP contribution in [-0.4, -0.2) is 28.3 Å². The number of nitrogens with one attached hydrogen (secondary N) is 1. The lowest BCUT2D eigenvalue weighted by Gasteiger charge is -2.18. The van der Waals surface area contributed by atoms with Gasteiger partial charge in [-0.15, -0.1) is 0 Å². The molecule has 26 heavy (non-hydrogen) atoms. The second kappa shape index (κ2) is 7.22. The molecule has 0 fully saturated rings. The normalized spacial score (nSPS) is 11.8. The zero-order valence-electron chi connectivity index (χ0n) is 14.3. The van der Waals surface area contributed by atoms with Crippen LogP contribution in [0.1, 0.15) is 12.6 Å². The monoisotopic (exact) mass is 456 g/mol. The highest BCUT2D eigenvalue weighted by Gasteiger charge is 2.23. The van der Waals surface area contributed by atoms with Gasteiger partial charge in [-0.2, -0.15) is 4.98 Å². The quantitative estimate of drug-likeness (QED) is 0.434. The molecule has 0 spiro atoms. The number of pyridine rings is 1. The Hall–Kier alpha value is -1.56. The maximum absolute atomic E-state index is 15.2. The molecule has 3 rings (SSSR count). The van der Waals surface area contributed by atoms with Crippen molar-refractivity contribution in [3.05, 3.63) is 45.7 Å². The van der Waals surface area contributed by atoms with E-state index >= 15 is 4.39 Å². The van der Waals surface area contributed by atoms with E-state index in [0.717, 1.165) is 0 Å². The van der Waals surface area contributed by atoms with Crippen LogP contribution in [0.2, 0.25) is 5.28 Å². The van der Waals surface area contributed by atoms with Crippen LogP contribution < -0.4 is 10.6 Å². The number of fused-ring (bicyclic) bond motifs is 1. The molecule has 1 N–H and O–H groups in total. The summed E-state index contributed by atoms with van der Waals surface area (Å²) in [7, 11) is -2.68. The Morgan fingerprint density at radius 3 is 2.69 bits per heavy atom. The number of rotatable bonds is 4. The van der Waals surface area contributed by atoms with Gasteiger partial charge in [0, 0.05) is 16.9 Å². The summed E-state index contributed by atoms with van der Waals surface area (Å²) in [5, 5.41) is 4.06. The molecule has 3 aromatic rings. The first kappa shape index (κ1) is 19.2. The van der Waals surface area contributed by atoms with Gasteiger partial charge in [-0.1, -0.05) is 19.1 Å². The zero-order chi connectivity index (χ0) is 19.1. The Kier molecular flexibility index (Phi) is 5.33. The molecule has 2 aromatic heterocycles. The molecule has 0 unspecified atom stereocenters. The molecular formula is C17H16BrClFN4OP. The molecule has 0 radical (unpaired) electrons. The molecule has 2 heterocycles. The lowest BCUT2D eigenvalue weighted by Crippen LogP contribution is -2.11. The van der Waals surface area contributed by atoms with Gasteiger partial charge >= 0.3 is 0 Å². The van der Waals surface area contributed by atoms with Crippen LogP contribution in [-0.2, 0) is 11.0 Å². The summed E-state index contributed by atoms with van der Waals surface area (Å²) in [6, 6.07) is 5.30. The first-order chi connectivity index (χ1) is 12.2. The minimum absolute atomic E-state index is 0.0297. The molecule has 0 saturated heterocycles. The van der Waals surface area contributed by atoms with E-state index in [-0.39, 0.29) is 11.0 Å². The highest BCUT2D eigenvalue weighted by atomic mass is 79.9. The molecule has 0 aliphatic rings. The number of nitrogens with zero attached hydrogens (tertiary/aromatic N) is 3. The van der Waals surface area contributed by atoms with Crippen molar-refractivity contribution in [3.8, 4) is 0 Å². The summed E-state index contributed by atoms with van der Waals surface area (Å²) in [4.78, 5) is 12.4. The summed E-state index contributed by atoms with van der Waals surface area (Å²) in [6.45, 7) is 5.12. The second-order valence-electron chi connectivity index (χ2n) is 6.08. The van der Waals surface area contributed by atoms with Gasteiger partial charge in [0.25, 0.3) is 0 Å². The van der Waals surface area contributed by atoms with Crippen molar-refractivity contribution in [2.24, 2.45) is 0 Å². The van der Waals surface area contributed by atoms with E-state index in [1.807, 2.05) is 6.92 Å². The number of hydrogen-bond acceptors (Lipinski definition) is 5. The van der Waals surface area contributed by atoms with Crippen LogP contribution in [0.15, 0.2) is 28.9 Å². The summed E-state index contributed by atoms with van der Waals surface area (Å²) in [6.07, 6.45) is 1.90. The predicted octanol–water partition coefficient (Wildman–Crippen LogP) is 5.13. The van der Waals surface area contributed by atoms with E-state index in [2.05, 4.69) is 36.2 Å². The van der Waals surface area contributed by atoms with Crippen LogP contribution in [0.25, 0.3) is 10.9 Å². The van der Waals surface area contributed by atoms with Crippen molar-refractivity contribution in [2.45, 2.75) is 13.3 Å². The van der Waals surface area contributed by atoms with Crippen molar-refractivity contribution in [1.82, 2.24) is 15.0 Å². The van der Waals surface area contributed by atoms with Gasteiger partial charge in [0.2, 0.25) is 5.28 Å². The fourth-order valence-electron chi connectivity index (χ4n) is 2.68. The number of aromatic nitrogens is 3. The first-order valence-corrected chi connectivity index (χ1v) is 11.6. The molecule has 0 atom stereocenters. The smallest absolute Gasteiger partial charge is 0.224 e. The van der Waals surface area contributed by atoms with Gasteiger partial charge in [-0.3, -0.25) is 0 Å². The van der Waals surface area contributed by atoms with Crippen molar-refractivity contribution in [2.75, 3.05) is 18.6 Å². The standard InChI is InChI=1S/C17H16BrClFN4OP/c1-4-10-14(20)15(23-16-9(18)8-21-17(19)24-16)13-11(22-10)6-5-7-12(13)26(2,3)25/h5-8H,4H2,1-3H3,(H,21,22,23,24). The molecular weight excluding hydrogens is 442 g/mol. The van der Waals surface area contributed by atoms with Crippen LogP contribution >= 0.6 is 34.7 Å². The number of hydrogen-bond donors (Lipinski definition) is 1. The third kappa shape index (κ3) is 3.61. The van der Waals surface area contributed by atoms with E-state index in [9.17, 15) is 4.57 Å². The number of aryl methyl sites for hydroxylation is 1. The highest BCUT2D eigenvalue weighted by Crippen LogP contribution is 2.41. The number of benzene rings is 1. The lowest BCUT2D eigenvalue weighted by atomic mass is 10.1. The van der Waals surface area contributed by atoms with Crippen molar-refractivity contribution >= 4 is 62.4 Å². The average molecular weight is 458 g/mol.